The lowest BCUT2D eigenvalue weighted by Gasteiger charge is -2.21. The lowest BCUT2D eigenvalue weighted by atomic mass is 10.0. The molecule has 0 bridgehead atoms. The Morgan fingerprint density at radius 1 is 0.257 bits per heavy atom. The number of carbonyl (C=O) groups is 3. The number of hydrogen-bond acceptors (Lipinski definition) is 14. The van der Waals surface area contributed by atoms with Crippen molar-refractivity contribution in [1.29, 1.82) is 0 Å². The van der Waals surface area contributed by atoms with Gasteiger partial charge in [-0.25, -0.2) is 9.13 Å². The van der Waals surface area contributed by atoms with Crippen LogP contribution in [0, 0.1) is 0 Å². The summed E-state index contributed by atoms with van der Waals surface area (Å²) in [5.74, 6) is -1.59. The fraction of sp³-hybridized carbons (Fsp3) is 0.695. The van der Waals surface area contributed by atoms with Gasteiger partial charge in [0.25, 0.3) is 0 Å². The molecule has 0 fully saturated rings. The highest BCUT2D eigenvalue weighted by atomic mass is 31.2. The Morgan fingerprint density at radius 3 is 0.743 bits per heavy atom. The number of aliphatic hydroxyl groups is 2. The second kappa shape index (κ2) is 86.5. The first-order valence-corrected chi connectivity index (χ1v) is 47.8. The number of carbonyl (C=O) groups excluding carboxylic acids is 3. The Bertz CT molecular complexity index is 2680. The molecule has 648 valence electrons. The summed E-state index contributed by atoms with van der Waals surface area (Å²) in [6, 6.07) is 0. The van der Waals surface area contributed by atoms with Gasteiger partial charge in [-0.05, 0) is 148 Å². The summed E-state index contributed by atoms with van der Waals surface area (Å²) in [6.07, 6.45) is 110. The summed E-state index contributed by atoms with van der Waals surface area (Å²) >= 11 is 0. The van der Waals surface area contributed by atoms with Crippen LogP contribution in [0.25, 0.3) is 0 Å². The van der Waals surface area contributed by atoms with E-state index < -0.39 is 91.5 Å². The van der Waals surface area contributed by atoms with E-state index in [0.717, 1.165) is 173 Å². The zero-order valence-electron chi connectivity index (χ0n) is 71.3. The zero-order valence-corrected chi connectivity index (χ0v) is 73.0. The predicted octanol–water partition coefficient (Wildman–Crippen LogP) is 27.3. The molecule has 0 saturated carbocycles. The summed E-state index contributed by atoms with van der Waals surface area (Å²) in [6.45, 7) is 2.43. The van der Waals surface area contributed by atoms with Crippen LogP contribution in [-0.2, 0) is 55.8 Å². The third kappa shape index (κ3) is 87.8. The molecule has 0 aromatic carbocycles. The van der Waals surface area contributed by atoms with Gasteiger partial charge in [0, 0.05) is 19.3 Å². The van der Waals surface area contributed by atoms with Gasteiger partial charge in [-0.3, -0.25) is 32.5 Å². The molecule has 0 aliphatic heterocycles. The van der Waals surface area contributed by atoms with Crippen LogP contribution in [0.2, 0.25) is 0 Å². The maximum atomic E-state index is 13.0. The second-order valence-electron chi connectivity index (χ2n) is 29.6. The summed E-state index contributed by atoms with van der Waals surface area (Å²) < 4.78 is 61.3. The van der Waals surface area contributed by atoms with Gasteiger partial charge in [0.2, 0.25) is 0 Å². The number of ether oxygens (including phenoxy) is 3. The van der Waals surface area contributed by atoms with E-state index in [0.29, 0.717) is 19.3 Å². The summed E-state index contributed by atoms with van der Waals surface area (Å²) in [5.41, 5.74) is 0. The van der Waals surface area contributed by atoms with Crippen molar-refractivity contribution >= 4 is 33.6 Å². The van der Waals surface area contributed by atoms with Crippen LogP contribution < -0.4 is 0 Å². The van der Waals surface area contributed by atoms with E-state index in [2.05, 4.69) is 179 Å². The van der Waals surface area contributed by atoms with E-state index in [1.54, 1.807) is 0 Å². The highest BCUT2D eigenvalue weighted by Gasteiger charge is 2.29. The lowest BCUT2D eigenvalue weighted by Crippen LogP contribution is -2.30. The van der Waals surface area contributed by atoms with Gasteiger partial charge >= 0.3 is 33.6 Å². The smallest absolute Gasteiger partial charge is 0.463 e. The molecule has 0 amide bonds. The van der Waals surface area contributed by atoms with E-state index in [9.17, 15) is 43.5 Å². The number of unbranched alkanes of at least 4 members (excludes halogenated alkanes) is 35. The van der Waals surface area contributed by atoms with Crippen molar-refractivity contribution in [2.24, 2.45) is 0 Å². The molecule has 0 radical (unpaired) electrons. The molecule has 0 heterocycles. The molecule has 0 aliphatic rings. The highest BCUT2D eigenvalue weighted by molar-refractivity contribution is 7.47. The number of aliphatic hydroxyl groups excluding tert-OH is 2. The van der Waals surface area contributed by atoms with Gasteiger partial charge in [0.1, 0.15) is 25.4 Å². The molecule has 5 unspecified atom stereocenters. The molecule has 0 saturated heterocycles. The SMILES string of the molecule is CC/C=C\C/C=C\C/C=C\C/C=C\C/C=C\C/C=C\CCCCCCCCCCC(=O)OCC(COP(=O)(O)OCC(O)COP(=O)(O)OCC(O)COC(=O)CCCCCCCCCCCCCCCCCCCCC/C=C\C/C=C\C/C=C\C/C=C\C/C=C\CC)OC(=O)CCCCCCC/C=C\C/C=C\CCCCC. The summed E-state index contributed by atoms with van der Waals surface area (Å²) in [5, 5.41) is 20.7. The molecule has 5 atom stereocenters. The molecule has 0 spiro atoms. The van der Waals surface area contributed by atoms with Crippen molar-refractivity contribution in [3.63, 3.8) is 0 Å². The number of esters is 3. The maximum Gasteiger partial charge on any atom is 0.472 e. The van der Waals surface area contributed by atoms with Crippen molar-refractivity contribution < 1.29 is 75.8 Å². The monoisotopic (exact) mass is 1620 g/mol. The van der Waals surface area contributed by atoms with Crippen molar-refractivity contribution in [2.45, 2.75) is 386 Å². The Labute approximate surface area is 689 Å². The van der Waals surface area contributed by atoms with Crippen LogP contribution >= 0.6 is 15.6 Å². The Kier molecular flexibility index (Phi) is 82.8. The Hall–Kier alpha value is -4.83. The second-order valence-corrected chi connectivity index (χ2v) is 32.5. The van der Waals surface area contributed by atoms with Crippen LogP contribution in [0.15, 0.2) is 158 Å². The van der Waals surface area contributed by atoms with E-state index in [1.807, 2.05) is 0 Å². The molecule has 0 rings (SSSR count). The van der Waals surface area contributed by atoms with Gasteiger partial charge in [-0.1, -0.05) is 359 Å². The molecule has 18 heteroatoms. The normalized spacial score (nSPS) is 14.6. The lowest BCUT2D eigenvalue weighted by molar-refractivity contribution is -0.161. The van der Waals surface area contributed by atoms with Crippen molar-refractivity contribution in [2.75, 3.05) is 39.6 Å². The van der Waals surface area contributed by atoms with Crippen molar-refractivity contribution in [3.05, 3.63) is 158 Å². The number of hydrogen-bond donors (Lipinski definition) is 4. The topological polar surface area (TPSA) is 231 Å². The quantitative estimate of drug-likeness (QED) is 0.0146. The number of allylic oxidation sites excluding steroid dienone is 26. The standard InChI is InChI=1S/C95H162O16P2/c1-4-7-10-13-16-19-22-25-28-30-32-34-36-38-40-41-42-43-44-45-46-47-49-51-52-54-56-58-61-63-66-69-72-75-78-81-93(98)105-84-90(96)85-107-112(101,102)108-86-91(97)87-109-113(103,104)110-89-92(111-95(100)83-80-77-74-71-68-65-60-27-24-21-18-15-12-9-6-3)88-106-94(99)82-79-76-73-70-67-64-62-59-57-55-53-50-48-39-37-35-33-31-29-26-23-20-17-14-11-8-5-2/h7-8,10-11,16-21,25-29,32-35,38-40,48,53,55,60,90-92,96-97H,4-6,9,12-15,22-24,30-31,36-37,41-47,49-52,54,56-59,61-89H2,1-3H3,(H,101,102)(H,103,104)/b10-7-,11-8-,19-16-,20-17-,21-18-,28-25-,29-26-,34-32-,35-33-,40-38-,48-39-,55-53-,60-27-. The minimum Gasteiger partial charge on any atom is -0.463 e. The fourth-order valence-corrected chi connectivity index (χ4v) is 13.6. The largest absolute Gasteiger partial charge is 0.472 e. The van der Waals surface area contributed by atoms with Gasteiger partial charge in [0.05, 0.1) is 26.4 Å². The maximum absolute atomic E-state index is 13.0. The summed E-state index contributed by atoms with van der Waals surface area (Å²) in [4.78, 5) is 58.8. The highest BCUT2D eigenvalue weighted by Crippen LogP contribution is 2.45. The van der Waals surface area contributed by atoms with Crippen LogP contribution in [-0.4, -0.2) is 95.9 Å². The van der Waals surface area contributed by atoms with E-state index in [1.165, 1.54) is 135 Å². The first-order valence-electron chi connectivity index (χ1n) is 44.8. The van der Waals surface area contributed by atoms with Gasteiger partial charge in [-0.2, -0.15) is 0 Å². The van der Waals surface area contributed by atoms with Crippen LogP contribution in [0.5, 0.6) is 0 Å². The van der Waals surface area contributed by atoms with Crippen molar-refractivity contribution in [1.82, 2.24) is 0 Å². The molecular formula is C95H162O16P2. The Balaban J connectivity index is 4.45. The Morgan fingerprint density at radius 2 is 0.469 bits per heavy atom. The predicted molar refractivity (Wildman–Crippen MR) is 472 cm³/mol. The minimum atomic E-state index is -4.94. The third-order valence-electron chi connectivity index (χ3n) is 18.7. The van der Waals surface area contributed by atoms with E-state index in [4.69, 9.17) is 32.3 Å². The first-order chi connectivity index (χ1) is 55.2. The van der Waals surface area contributed by atoms with E-state index >= 15 is 0 Å². The minimum absolute atomic E-state index is 0.0836. The third-order valence-corrected chi connectivity index (χ3v) is 20.6. The number of phosphoric ester groups is 2. The zero-order chi connectivity index (χ0) is 82.2. The number of phosphoric acid groups is 2. The molecule has 0 aromatic heterocycles. The first kappa shape index (κ1) is 108. The van der Waals surface area contributed by atoms with Gasteiger partial charge in [0.15, 0.2) is 6.10 Å². The fourth-order valence-electron chi connectivity index (χ4n) is 12.0. The van der Waals surface area contributed by atoms with E-state index in [-0.39, 0.29) is 19.3 Å². The number of rotatable bonds is 84. The molecule has 0 aromatic rings. The average Bonchev–Trinajstić information content (AvgIpc) is 0.864. The molecule has 0 aliphatic carbocycles. The summed E-state index contributed by atoms with van der Waals surface area (Å²) in [7, 11) is -9.81. The van der Waals surface area contributed by atoms with Crippen LogP contribution in [0.3, 0.4) is 0 Å². The van der Waals surface area contributed by atoms with Gasteiger partial charge < -0.3 is 34.2 Å². The molecular weight excluding hydrogens is 1460 g/mol. The molecule has 113 heavy (non-hydrogen) atoms. The average molecular weight is 1620 g/mol. The van der Waals surface area contributed by atoms with Crippen LogP contribution in [0.1, 0.15) is 367 Å². The molecule has 16 nitrogen and oxygen atoms in total. The van der Waals surface area contributed by atoms with Gasteiger partial charge in [-0.15, -0.1) is 0 Å². The molecule has 4 N–H and O–H groups in total. The van der Waals surface area contributed by atoms with Crippen molar-refractivity contribution in [3.8, 4) is 0 Å². The van der Waals surface area contributed by atoms with Crippen LogP contribution in [0.4, 0.5) is 0 Å².